The van der Waals surface area contributed by atoms with Gasteiger partial charge >= 0.3 is 12.2 Å². The Morgan fingerprint density at radius 1 is 1.03 bits per heavy atom. The summed E-state index contributed by atoms with van der Waals surface area (Å²) in [7, 11) is 3.05. The number of fused-ring (bicyclic) bond motifs is 1. The molecule has 202 valence electrons. The van der Waals surface area contributed by atoms with Gasteiger partial charge in [0.1, 0.15) is 18.3 Å². The lowest BCUT2D eigenvalue weighted by Crippen LogP contribution is -2.49. The van der Waals surface area contributed by atoms with E-state index in [9.17, 15) is 22.8 Å². The fourth-order valence-corrected chi connectivity index (χ4v) is 4.52. The quantitative estimate of drug-likeness (QED) is 0.461. The molecule has 0 fully saturated rings. The molecule has 8 nitrogen and oxygen atoms in total. The molecule has 0 aliphatic carbocycles. The third-order valence-electron chi connectivity index (χ3n) is 6.43. The van der Waals surface area contributed by atoms with Crippen LogP contribution < -0.4 is 10.1 Å². The molecule has 1 atom stereocenters. The van der Waals surface area contributed by atoms with E-state index in [2.05, 4.69) is 9.88 Å². The molecule has 3 amide bonds. The van der Waals surface area contributed by atoms with Gasteiger partial charge in [0, 0.05) is 49.9 Å². The van der Waals surface area contributed by atoms with Crippen molar-refractivity contribution in [3.63, 3.8) is 0 Å². The van der Waals surface area contributed by atoms with Crippen molar-refractivity contribution < 1.29 is 32.2 Å². The Bertz CT molecular complexity index is 1260. The maximum absolute atomic E-state index is 13.7. The van der Waals surface area contributed by atoms with Crippen LogP contribution in [0.5, 0.6) is 5.75 Å². The van der Waals surface area contributed by atoms with Gasteiger partial charge < -0.3 is 29.2 Å². The molecule has 3 aromatic rings. The molecule has 1 aromatic heterocycles. The summed E-state index contributed by atoms with van der Waals surface area (Å²) in [6, 6.07) is 14.4. The van der Waals surface area contributed by atoms with Gasteiger partial charge in [0.2, 0.25) is 5.91 Å². The van der Waals surface area contributed by atoms with Crippen LogP contribution in [0.1, 0.15) is 22.9 Å². The summed E-state index contributed by atoms with van der Waals surface area (Å²) in [5.41, 5.74) is 1.10. The summed E-state index contributed by atoms with van der Waals surface area (Å²) in [6.07, 6.45) is -2.52. The van der Waals surface area contributed by atoms with E-state index in [-0.39, 0.29) is 31.3 Å². The van der Waals surface area contributed by atoms with Crippen molar-refractivity contribution in [2.24, 2.45) is 0 Å². The number of urea groups is 1. The molecular weight excluding hydrogens is 501 g/mol. The van der Waals surface area contributed by atoms with Crippen molar-refractivity contribution in [1.82, 2.24) is 14.4 Å². The molecule has 1 aliphatic rings. The summed E-state index contributed by atoms with van der Waals surface area (Å²) in [5.74, 6) is 0.355. The number of hydrogen-bond donors (Lipinski definition) is 1. The van der Waals surface area contributed by atoms with Gasteiger partial charge in [-0.3, -0.25) is 4.79 Å². The highest BCUT2D eigenvalue weighted by atomic mass is 19.4. The van der Waals surface area contributed by atoms with E-state index in [0.717, 1.165) is 23.4 Å². The third-order valence-corrected chi connectivity index (χ3v) is 6.43. The van der Waals surface area contributed by atoms with Crippen molar-refractivity contribution >= 4 is 17.6 Å². The van der Waals surface area contributed by atoms with E-state index in [0.29, 0.717) is 18.8 Å². The Kier molecular flexibility index (Phi) is 8.26. The molecule has 1 aliphatic heterocycles. The van der Waals surface area contributed by atoms with E-state index in [4.69, 9.17) is 9.47 Å². The van der Waals surface area contributed by atoms with Gasteiger partial charge in [-0.2, -0.15) is 13.2 Å². The largest absolute Gasteiger partial charge is 0.496 e. The van der Waals surface area contributed by atoms with Crippen LogP contribution in [-0.4, -0.2) is 66.8 Å². The Morgan fingerprint density at radius 3 is 2.45 bits per heavy atom. The van der Waals surface area contributed by atoms with Crippen LogP contribution in [0.4, 0.5) is 23.7 Å². The zero-order valence-electron chi connectivity index (χ0n) is 21.1. The first-order valence-electron chi connectivity index (χ1n) is 12.0. The van der Waals surface area contributed by atoms with Crippen molar-refractivity contribution in [3.05, 3.63) is 83.7 Å². The molecule has 0 radical (unpaired) electrons. The number of hydrogen-bond acceptors (Lipinski definition) is 4. The van der Waals surface area contributed by atoms with Gasteiger partial charge in [0.05, 0.1) is 19.3 Å². The number of halogens is 3. The minimum absolute atomic E-state index is 0.109. The predicted molar refractivity (Wildman–Crippen MR) is 135 cm³/mol. The van der Waals surface area contributed by atoms with Crippen molar-refractivity contribution in [2.75, 3.05) is 45.8 Å². The van der Waals surface area contributed by atoms with E-state index in [1.807, 2.05) is 42.6 Å². The number of ether oxygens (including phenoxy) is 2. The predicted octanol–water partition coefficient (Wildman–Crippen LogP) is 4.63. The minimum Gasteiger partial charge on any atom is -0.496 e. The molecule has 0 saturated heterocycles. The van der Waals surface area contributed by atoms with Gasteiger partial charge in [-0.1, -0.05) is 18.2 Å². The highest BCUT2D eigenvalue weighted by Crippen LogP contribution is 2.37. The van der Waals surface area contributed by atoms with Crippen LogP contribution >= 0.6 is 0 Å². The number of benzene rings is 2. The van der Waals surface area contributed by atoms with Crippen LogP contribution in [0.25, 0.3) is 0 Å². The lowest BCUT2D eigenvalue weighted by Gasteiger charge is -2.38. The lowest BCUT2D eigenvalue weighted by atomic mass is 9.98. The number of methoxy groups -OCH3 is 2. The molecule has 1 unspecified atom stereocenters. The zero-order chi connectivity index (χ0) is 27.3. The van der Waals surface area contributed by atoms with Crippen LogP contribution in [0, 0.1) is 0 Å². The molecule has 4 rings (SSSR count). The molecule has 0 bridgehead atoms. The summed E-state index contributed by atoms with van der Waals surface area (Å²) in [6.45, 7) is 1.05. The number of alkyl halides is 3. The Balaban J connectivity index is 1.55. The average Bonchev–Trinajstić information content (AvgIpc) is 3.39. The summed E-state index contributed by atoms with van der Waals surface area (Å²) < 4.78 is 51.4. The zero-order valence-corrected chi connectivity index (χ0v) is 21.1. The first kappa shape index (κ1) is 27.1. The number of aromatic nitrogens is 1. The number of amides is 3. The molecule has 0 spiro atoms. The number of carbonyl (C=O) groups excluding carboxylic acids is 2. The van der Waals surface area contributed by atoms with E-state index in [1.165, 1.54) is 24.1 Å². The standard InChI is InChI=1S/C27H29F3N4O4/c1-37-17-16-33(26(36)31-20-11-9-19(10-12-20)27(28,29)30)18-24(35)34-15-14-32-13-5-7-22(32)25(34)21-6-3-4-8-23(21)38-2/h3-13,25H,14-18H2,1-2H3,(H,31,36). The number of para-hydroxylation sites is 1. The first-order chi connectivity index (χ1) is 18.2. The molecule has 1 N–H and O–H groups in total. The number of anilines is 1. The van der Waals surface area contributed by atoms with Crippen molar-refractivity contribution in [3.8, 4) is 5.75 Å². The second-order valence-corrected chi connectivity index (χ2v) is 8.78. The van der Waals surface area contributed by atoms with Crippen molar-refractivity contribution in [2.45, 2.75) is 18.8 Å². The van der Waals surface area contributed by atoms with E-state index < -0.39 is 23.8 Å². The number of rotatable bonds is 8. The molecule has 2 heterocycles. The summed E-state index contributed by atoms with van der Waals surface area (Å²) in [5, 5.41) is 2.58. The first-order valence-corrected chi connectivity index (χ1v) is 12.0. The van der Waals surface area contributed by atoms with Crippen LogP contribution in [-0.2, 0) is 22.3 Å². The van der Waals surface area contributed by atoms with Crippen LogP contribution in [0.2, 0.25) is 0 Å². The molecular formula is C27H29F3N4O4. The molecule has 2 aromatic carbocycles. The molecule has 38 heavy (non-hydrogen) atoms. The SMILES string of the molecule is COCCN(CC(=O)N1CCn2cccc2C1c1ccccc1OC)C(=O)Nc1ccc(C(F)(F)F)cc1. The second-order valence-electron chi connectivity index (χ2n) is 8.78. The van der Waals surface area contributed by atoms with Crippen molar-refractivity contribution in [1.29, 1.82) is 0 Å². The lowest BCUT2D eigenvalue weighted by molar-refractivity contribution is -0.137. The number of nitrogens with one attached hydrogen (secondary N) is 1. The van der Waals surface area contributed by atoms with Crippen LogP contribution in [0.3, 0.4) is 0 Å². The highest BCUT2D eigenvalue weighted by molar-refractivity contribution is 5.92. The van der Waals surface area contributed by atoms with E-state index >= 15 is 0 Å². The van der Waals surface area contributed by atoms with E-state index in [1.54, 1.807) is 12.0 Å². The maximum Gasteiger partial charge on any atom is 0.416 e. The smallest absolute Gasteiger partial charge is 0.416 e. The Morgan fingerprint density at radius 2 is 1.76 bits per heavy atom. The van der Waals surface area contributed by atoms with Gasteiger partial charge in [0.25, 0.3) is 0 Å². The third kappa shape index (κ3) is 5.94. The summed E-state index contributed by atoms with van der Waals surface area (Å²) in [4.78, 5) is 29.8. The topological polar surface area (TPSA) is 76.0 Å². The van der Waals surface area contributed by atoms with Crippen LogP contribution in [0.15, 0.2) is 66.9 Å². The van der Waals surface area contributed by atoms with Gasteiger partial charge in [-0.15, -0.1) is 0 Å². The monoisotopic (exact) mass is 530 g/mol. The molecule has 0 saturated carbocycles. The molecule has 11 heteroatoms. The fraction of sp³-hybridized carbons (Fsp3) is 0.333. The number of nitrogens with zero attached hydrogens (tertiary/aromatic N) is 3. The second kappa shape index (κ2) is 11.6. The van der Waals surface area contributed by atoms with Gasteiger partial charge in [-0.05, 0) is 42.5 Å². The number of carbonyl (C=O) groups is 2. The minimum atomic E-state index is -4.48. The van der Waals surface area contributed by atoms with Gasteiger partial charge in [0.15, 0.2) is 0 Å². The Labute approximate surface area is 218 Å². The Hall–Kier alpha value is -3.99. The highest BCUT2D eigenvalue weighted by Gasteiger charge is 2.35. The maximum atomic E-state index is 13.7. The normalized spacial score (nSPS) is 15.1. The van der Waals surface area contributed by atoms with Gasteiger partial charge in [-0.25, -0.2) is 4.79 Å². The summed E-state index contributed by atoms with van der Waals surface area (Å²) >= 11 is 0. The fourth-order valence-electron chi connectivity index (χ4n) is 4.52. The average molecular weight is 531 g/mol.